The molecule has 18 heavy (non-hydrogen) atoms. The number of aromatic amines is 1. The summed E-state index contributed by atoms with van der Waals surface area (Å²) < 4.78 is 0. The normalized spacial score (nSPS) is 18.5. The maximum absolute atomic E-state index is 11.9. The van der Waals surface area contributed by atoms with Crippen molar-refractivity contribution in [3.05, 3.63) is 18.0 Å². The average molecular weight is 250 g/mol. The number of nitrogens with two attached hydrogens (primary N) is 1. The van der Waals surface area contributed by atoms with Gasteiger partial charge in [0.15, 0.2) is 0 Å². The summed E-state index contributed by atoms with van der Waals surface area (Å²) in [5.74, 6) is 0.578. The van der Waals surface area contributed by atoms with Gasteiger partial charge in [0.05, 0.1) is 6.42 Å². The Kier molecular flexibility index (Phi) is 4.75. The summed E-state index contributed by atoms with van der Waals surface area (Å²) in [5.41, 5.74) is 6.63. The van der Waals surface area contributed by atoms with E-state index in [2.05, 4.69) is 15.5 Å². The van der Waals surface area contributed by atoms with E-state index in [0.717, 1.165) is 5.69 Å². The predicted molar refractivity (Wildman–Crippen MR) is 69.9 cm³/mol. The number of carbonyl (C=O) groups is 1. The highest BCUT2D eigenvalue weighted by Crippen LogP contribution is 2.26. The van der Waals surface area contributed by atoms with Crippen LogP contribution in [0.15, 0.2) is 12.3 Å². The second-order valence-electron chi connectivity index (χ2n) is 5.07. The Bertz CT molecular complexity index is 357. The summed E-state index contributed by atoms with van der Waals surface area (Å²) in [7, 11) is 0. The third-order valence-electron chi connectivity index (χ3n) is 3.73. The summed E-state index contributed by atoms with van der Waals surface area (Å²) >= 11 is 0. The van der Waals surface area contributed by atoms with Crippen molar-refractivity contribution in [2.75, 3.05) is 6.54 Å². The van der Waals surface area contributed by atoms with Gasteiger partial charge in [-0.2, -0.15) is 5.10 Å². The van der Waals surface area contributed by atoms with Crippen molar-refractivity contribution in [2.24, 2.45) is 11.7 Å². The van der Waals surface area contributed by atoms with Gasteiger partial charge in [-0.3, -0.25) is 9.89 Å². The van der Waals surface area contributed by atoms with Gasteiger partial charge >= 0.3 is 0 Å². The molecule has 1 amide bonds. The van der Waals surface area contributed by atoms with Gasteiger partial charge in [-0.1, -0.05) is 19.3 Å². The quantitative estimate of drug-likeness (QED) is 0.728. The van der Waals surface area contributed by atoms with E-state index in [1.807, 2.05) is 6.07 Å². The Morgan fingerprint density at radius 1 is 1.50 bits per heavy atom. The van der Waals surface area contributed by atoms with Crippen LogP contribution in [0.5, 0.6) is 0 Å². The van der Waals surface area contributed by atoms with Gasteiger partial charge < -0.3 is 11.1 Å². The lowest BCUT2D eigenvalue weighted by Gasteiger charge is -2.30. The van der Waals surface area contributed by atoms with Crippen LogP contribution in [0.25, 0.3) is 0 Å². The zero-order valence-electron chi connectivity index (χ0n) is 10.7. The molecule has 4 N–H and O–H groups in total. The molecule has 5 nitrogen and oxygen atoms in total. The summed E-state index contributed by atoms with van der Waals surface area (Å²) in [6.07, 6.45) is 8.22. The lowest BCUT2D eigenvalue weighted by Crippen LogP contribution is -2.46. The van der Waals surface area contributed by atoms with Crippen molar-refractivity contribution < 1.29 is 4.79 Å². The second-order valence-corrected chi connectivity index (χ2v) is 5.07. The van der Waals surface area contributed by atoms with Crippen LogP contribution in [-0.2, 0) is 11.2 Å². The minimum absolute atomic E-state index is 0.0280. The predicted octanol–water partition coefficient (Wildman–Crippen LogP) is 0.976. The number of nitrogens with one attached hydrogen (secondary N) is 2. The summed E-state index contributed by atoms with van der Waals surface area (Å²) in [6.45, 7) is 0.527. The van der Waals surface area contributed by atoms with E-state index in [9.17, 15) is 4.79 Å². The molecule has 0 saturated heterocycles. The van der Waals surface area contributed by atoms with Crippen molar-refractivity contribution in [2.45, 2.75) is 44.6 Å². The molecule has 1 aromatic heterocycles. The number of carbonyl (C=O) groups excluding carboxylic acids is 1. The highest BCUT2D eigenvalue weighted by atomic mass is 16.1. The lowest BCUT2D eigenvalue weighted by molar-refractivity contribution is -0.121. The molecular weight excluding hydrogens is 228 g/mol. The molecule has 2 rings (SSSR count). The smallest absolute Gasteiger partial charge is 0.226 e. The van der Waals surface area contributed by atoms with Crippen LogP contribution >= 0.6 is 0 Å². The molecule has 0 radical (unpaired) electrons. The molecule has 5 heteroatoms. The minimum Gasteiger partial charge on any atom is -0.351 e. The van der Waals surface area contributed by atoms with Gasteiger partial charge in [-0.25, -0.2) is 0 Å². The highest BCUT2D eigenvalue weighted by molar-refractivity contribution is 5.78. The second kappa shape index (κ2) is 6.54. The third kappa shape index (κ3) is 3.57. The van der Waals surface area contributed by atoms with Crippen LogP contribution in [0.3, 0.4) is 0 Å². The summed E-state index contributed by atoms with van der Waals surface area (Å²) in [6, 6.07) is 1.94. The highest BCUT2D eigenvalue weighted by Gasteiger charge is 2.23. The fraction of sp³-hybridized carbons (Fsp3) is 0.692. The van der Waals surface area contributed by atoms with Gasteiger partial charge in [0, 0.05) is 24.5 Å². The fourth-order valence-electron chi connectivity index (χ4n) is 2.72. The molecular formula is C13H22N4O. The van der Waals surface area contributed by atoms with E-state index in [1.165, 1.54) is 32.1 Å². The minimum atomic E-state index is 0.0280. The monoisotopic (exact) mass is 250 g/mol. The molecule has 1 aliphatic rings. The molecule has 1 aliphatic carbocycles. The molecule has 0 bridgehead atoms. The zero-order chi connectivity index (χ0) is 12.8. The first-order valence-electron chi connectivity index (χ1n) is 6.77. The van der Waals surface area contributed by atoms with Gasteiger partial charge in [0.25, 0.3) is 0 Å². The molecule has 1 atom stereocenters. The van der Waals surface area contributed by atoms with Crippen molar-refractivity contribution in [3.8, 4) is 0 Å². The standard InChI is InChI=1S/C13H22N4O/c14-9-12(10-4-2-1-3-5-10)16-13(18)8-11-6-7-15-17-11/h6-7,10,12H,1-5,8-9,14H2,(H,15,17)(H,16,18). The molecule has 1 saturated carbocycles. The molecule has 100 valence electrons. The van der Waals surface area contributed by atoms with Gasteiger partial charge in [-0.05, 0) is 24.8 Å². The largest absolute Gasteiger partial charge is 0.351 e. The van der Waals surface area contributed by atoms with Crippen molar-refractivity contribution in [1.29, 1.82) is 0 Å². The van der Waals surface area contributed by atoms with E-state index in [1.54, 1.807) is 6.20 Å². The Hall–Kier alpha value is -1.36. The van der Waals surface area contributed by atoms with Crippen LogP contribution in [0.4, 0.5) is 0 Å². The Morgan fingerprint density at radius 2 is 2.28 bits per heavy atom. The van der Waals surface area contributed by atoms with E-state index >= 15 is 0 Å². The maximum Gasteiger partial charge on any atom is 0.226 e. The van der Waals surface area contributed by atoms with Gasteiger partial charge in [-0.15, -0.1) is 0 Å². The molecule has 0 spiro atoms. The topological polar surface area (TPSA) is 83.8 Å². The van der Waals surface area contributed by atoms with Crippen molar-refractivity contribution >= 4 is 5.91 Å². The lowest BCUT2D eigenvalue weighted by atomic mass is 9.84. The number of H-pyrrole nitrogens is 1. The SMILES string of the molecule is NCC(NC(=O)Cc1ccn[nH]1)C1CCCCC1. The van der Waals surface area contributed by atoms with Gasteiger partial charge in [0.1, 0.15) is 0 Å². The van der Waals surface area contributed by atoms with E-state index in [0.29, 0.717) is 18.9 Å². The van der Waals surface area contributed by atoms with Crippen LogP contribution in [0.1, 0.15) is 37.8 Å². The first-order valence-corrected chi connectivity index (χ1v) is 6.77. The maximum atomic E-state index is 11.9. The number of hydrogen-bond acceptors (Lipinski definition) is 3. The van der Waals surface area contributed by atoms with Crippen LogP contribution < -0.4 is 11.1 Å². The number of aromatic nitrogens is 2. The molecule has 1 aromatic rings. The molecule has 0 aliphatic heterocycles. The van der Waals surface area contributed by atoms with E-state index in [-0.39, 0.29) is 11.9 Å². The Labute approximate surface area is 108 Å². The molecule has 1 fully saturated rings. The van der Waals surface area contributed by atoms with E-state index < -0.39 is 0 Å². The average Bonchev–Trinajstić information content (AvgIpc) is 2.90. The van der Waals surface area contributed by atoms with Gasteiger partial charge in [0.2, 0.25) is 5.91 Å². The molecule has 1 heterocycles. The van der Waals surface area contributed by atoms with Crippen LogP contribution in [-0.4, -0.2) is 28.7 Å². The van der Waals surface area contributed by atoms with Crippen molar-refractivity contribution in [3.63, 3.8) is 0 Å². The third-order valence-corrected chi connectivity index (χ3v) is 3.73. The first-order chi connectivity index (χ1) is 8.79. The molecule has 1 unspecified atom stereocenters. The Balaban J connectivity index is 1.83. The van der Waals surface area contributed by atoms with Crippen LogP contribution in [0.2, 0.25) is 0 Å². The fourth-order valence-corrected chi connectivity index (χ4v) is 2.72. The number of amides is 1. The Morgan fingerprint density at radius 3 is 2.89 bits per heavy atom. The van der Waals surface area contributed by atoms with Crippen molar-refractivity contribution in [1.82, 2.24) is 15.5 Å². The zero-order valence-corrected chi connectivity index (χ0v) is 10.7. The van der Waals surface area contributed by atoms with Crippen LogP contribution in [0, 0.1) is 5.92 Å². The summed E-state index contributed by atoms with van der Waals surface area (Å²) in [4.78, 5) is 11.9. The van der Waals surface area contributed by atoms with E-state index in [4.69, 9.17) is 5.73 Å². The number of nitrogens with zero attached hydrogens (tertiary/aromatic N) is 1. The number of rotatable bonds is 5. The first kappa shape index (κ1) is 13.1. The molecule has 0 aromatic carbocycles. The summed E-state index contributed by atoms with van der Waals surface area (Å²) in [5, 5.41) is 9.69. The number of hydrogen-bond donors (Lipinski definition) is 3.